The van der Waals surface area contributed by atoms with Crippen molar-refractivity contribution in [3.63, 3.8) is 0 Å². The molecule has 0 aliphatic heterocycles. The molecule has 0 radical (unpaired) electrons. The van der Waals surface area contributed by atoms with Gasteiger partial charge >= 0.3 is 11.9 Å². The van der Waals surface area contributed by atoms with Crippen LogP contribution in [0.3, 0.4) is 0 Å². The third-order valence-corrected chi connectivity index (χ3v) is 13.6. The molecule has 0 fully saturated rings. The summed E-state index contributed by atoms with van der Waals surface area (Å²) in [5, 5.41) is 9.68. The van der Waals surface area contributed by atoms with E-state index in [1.807, 2.05) is 0 Å². The van der Waals surface area contributed by atoms with Crippen molar-refractivity contribution in [3.05, 3.63) is 109 Å². The van der Waals surface area contributed by atoms with Crippen LogP contribution in [0, 0.1) is 0 Å². The van der Waals surface area contributed by atoms with Gasteiger partial charge in [-0.2, -0.15) is 0 Å². The molecule has 0 bridgehead atoms. The van der Waals surface area contributed by atoms with Crippen molar-refractivity contribution in [2.24, 2.45) is 0 Å². The third kappa shape index (κ3) is 61.1. The molecule has 0 aromatic carbocycles. The van der Waals surface area contributed by atoms with Crippen LogP contribution in [-0.4, -0.2) is 36.4 Å². The number of rotatable bonds is 57. The topological polar surface area (TPSA) is 72.8 Å². The molecule has 0 saturated heterocycles. The molecule has 1 atom stereocenters. The molecule has 0 rings (SSSR count). The standard InChI is InChI=1S/C69H118O5/c1-3-5-7-9-11-13-15-17-19-21-23-25-27-28-29-30-31-32-33-34-35-36-37-38-39-40-42-44-46-48-50-52-54-56-58-60-62-64-69(72)74-67(65-70)66-73-68(71)63-61-59-57-55-53-51-49-47-45-43-41-26-24-22-20-18-16-14-12-10-8-6-4-2/h5,7,11,13,17,19,22-25,28-29,31-32,34-35,37-38,67,70H,3-4,6,8-10,12,14-16,18,20-21,26-27,30,33,36,39-66H2,1-2H3/b7-5-,13-11-,19-17-,24-22-,25-23-,29-28-,32-31-,35-34-,38-37-. The van der Waals surface area contributed by atoms with Crippen LogP contribution in [0.25, 0.3) is 0 Å². The average Bonchev–Trinajstić information content (AvgIpc) is 3.40. The molecule has 0 aromatic rings. The summed E-state index contributed by atoms with van der Waals surface area (Å²) in [6.07, 6.45) is 92.2. The van der Waals surface area contributed by atoms with Gasteiger partial charge in [0, 0.05) is 12.8 Å². The fourth-order valence-electron chi connectivity index (χ4n) is 8.86. The Balaban J connectivity index is 3.52. The van der Waals surface area contributed by atoms with Gasteiger partial charge in [0.15, 0.2) is 6.10 Å². The molecule has 1 N–H and O–H groups in total. The maximum Gasteiger partial charge on any atom is 0.306 e. The van der Waals surface area contributed by atoms with E-state index in [0.717, 1.165) is 89.9 Å². The van der Waals surface area contributed by atoms with Gasteiger partial charge in [0.25, 0.3) is 0 Å². The zero-order valence-electron chi connectivity index (χ0n) is 48.6. The largest absolute Gasteiger partial charge is 0.462 e. The number of allylic oxidation sites excluding steroid dienone is 18. The molecule has 5 nitrogen and oxygen atoms in total. The highest BCUT2D eigenvalue weighted by molar-refractivity contribution is 5.70. The first-order chi connectivity index (χ1) is 36.6. The van der Waals surface area contributed by atoms with E-state index in [1.165, 1.54) is 180 Å². The smallest absolute Gasteiger partial charge is 0.306 e. The minimum atomic E-state index is -0.780. The molecule has 0 amide bonds. The van der Waals surface area contributed by atoms with Crippen molar-refractivity contribution in [1.82, 2.24) is 0 Å². The van der Waals surface area contributed by atoms with Gasteiger partial charge in [-0.3, -0.25) is 9.59 Å². The highest BCUT2D eigenvalue weighted by Gasteiger charge is 2.16. The van der Waals surface area contributed by atoms with Crippen molar-refractivity contribution in [1.29, 1.82) is 0 Å². The van der Waals surface area contributed by atoms with Crippen LogP contribution in [0.2, 0.25) is 0 Å². The molecular formula is C69H118O5. The zero-order chi connectivity index (χ0) is 53.4. The van der Waals surface area contributed by atoms with Gasteiger partial charge in [0.2, 0.25) is 0 Å². The number of carbonyl (C=O) groups is 2. The second-order valence-corrected chi connectivity index (χ2v) is 20.8. The lowest BCUT2D eigenvalue weighted by molar-refractivity contribution is -0.161. The van der Waals surface area contributed by atoms with Crippen LogP contribution in [0.5, 0.6) is 0 Å². The number of carbonyl (C=O) groups excluding carboxylic acids is 2. The van der Waals surface area contributed by atoms with Gasteiger partial charge in [-0.25, -0.2) is 0 Å². The van der Waals surface area contributed by atoms with E-state index in [4.69, 9.17) is 9.47 Å². The monoisotopic (exact) mass is 1030 g/mol. The predicted octanol–water partition coefficient (Wildman–Crippen LogP) is 21.6. The van der Waals surface area contributed by atoms with Crippen molar-refractivity contribution in [2.45, 2.75) is 302 Å². The molecule has 0 aliphatic rings. The van der Waals surface area contributed by atoms with E-state index >= 15 is 0 Å². The predicted molar refractivity (Wildman–Crippen MR) is 325 cm³/mol. The Bertz CT molecular complexity index is 1440. The lowest BCUT2D eigenvalue weighted by Gasteiger charge is -2.15. The second-order valence-electron chi connectivity index (χ2n) is 20.8. The normalized spacial score (nSPS) is 13.0. The highest BCUT2D eigenvalue weighted by Crippen LogP contribution is 2.16. The number of aliphatic hydroxyl groups is 1. The van der Waals surface area contributed by atoms with Crippen molar-refractivity contribution in [3.8, 4) is 0 Å². The van der Waals surface area contributed by atoms with Crippen LogP contribution in [0.15, 0.2) is 109 Å². The van der Waals surface area contributed by atoms with Gasteiger partial charge < -0.3 is 14.6 Å². The van der Waals surface area contributed by atoms with Gasteiger partial charge in [-0.15, -0.1) is 0 Å². The van der Waals surface area contributed by atoms with Gasteiger partial charge in [0.05, 0.1) is 6.61 Å². The summed E-state index contributed by atoms with van der Waals surface area (Å²) in [6.45, 7) is 4.05. The fraction of sp³-hybridized carbons (Fsp3) is 0.710. The average molecular weight is 1030 g/mol. The van der Waals surface area contributed by atoms with Gasteiger partial charge in [-0.05, 0) is 103 Å². The Morgan fingerprint density at radius 1 is 0.324 bits per heavy atom. The minimum absolute atomic E-state index is 0.0692. The minimum Gasteiger partial charge on any atom is -0.462 e. The first kappa shape index (κ1) is 70.6. The van der Waals surface area contributed by atoms with Gasteiger partial charge in [-0.1, -0.05) is 290 Å². The van der Waals surface area contributed by atoms with Crippen molar-refractivity contribution in [2.75, 3.05) is 13.2 Å². The lowest BCUT2D eigenvalue weighted by Crippen LogP contribution is -2.28. The number of hydrogen-bond donors (Lipinski definition) is 1. The highest BCUT2D eigenvalue weighted by atomic mass is 16.6. The number of aliphatic hydroxyl groups excluding tert-OH is 1. The van der Waals surface area contributed by atoms with E-state index in [0.29, 0.717) is 12.8 Å². The molecule has 0 aliphatic carbocycles. The Morgan fingerprint density at radius 2 is 0.581 bits per heavy atom. The number of esters is 2. The Kier molecular flexibility index (Phi) is 60.9. The molecule has 0 aromatic heterocycles. The number of ether oxygens (including phenoxy) is 2. The van der Waals surface area contributed by atoms with Crippen LogP contribution in [0.1, 0.15) is 296 Å². The zero-order valence-corrected chi connectivity index (χ0v) is 48.6. The summed E-state index contributed by atoms with van der Waals surface area (Å²) >= 11 is 0. The summed E-state index contributed by atoms with van der Waals surface area (Å²) in [6, 6.07) is 0. The van der Waals surface area contributed by atoms with E-state index in [1.54, 1.807) is 0 Å². The molecule has 1 unspecified atom stereocenters. The van der Waals surface area contributed by atoms with Crippen LogP contribution < -0.4 is 0 Å². The Labute approximate surface area is 459 Å². The van der Waals surface area contributed by atoms with Crippen LogP contribution in [0.4, 0.5) is 0 Å². The molecule has 0 spiro atoms. The quantitative estimate of drug-likeness (QED) is 0.0373. The summed E-state index contributed by atoms with van der Waals surface area (Å²) in [7, 11) is 0. The summed E-state index contributed by atoms with van der Waals surface area (Å²) in [5.41, 5.74) is 0. The van der Waals surface area contributed by atoms with Gasteiger partial charge in [0.1, 0.15) is 6.61 Å². The van der Waals surface area contributed by atoms with E-state index < -0.39 is 6.10 Å². The Morgan fingerprint density at radius 3 is 0.892 bits per heavy atom. The first-order valence-electron chi connectivity index (χ1n) is 31.4. The molecule has 0 saturated carbocycles. The summed E-state index contributed by atoms with van der Waals surface area (Å²) in [4.78, 5) is 24.6. The molecular weight excluding hydrogens is 909 g/mol. The molecule has 0 heterocycles. The number of unbranched alkanes of at least 4 members (excludes halogenated alkanes) is 31. The van der Waals surface area contributed by atoms with Crippen molar-refractivity contribution >= 4 is 11.9 Å². The molecule has 5 heteroatoms. The summed E-state index contributed by atoms with van der Waals surface area (Å²) in [5.74, 6) is -0.588. The maximum absolute atomic E-state index is 12.3. The summed E-state index contributed by atoms with van der Waals surface area (Å²) < 4.78 is 10.7. The maximum atomic E-state index is 12.3. The molecule has 74 heavy (non-hydrogen) atoms. The van der Waals surface area contributed by atoms with E-state index in [9.17, 15) is 14.7 Å². The van der Waals surface area contributed by atoms with Crippen LogP contribution >= 0.6 is 0 Å². The third-order valence-electron chi connectivity index (χ3n) is 13.6. The molecule has 424 valence electrons. The Hall–Kier alpha value is -3.44. The second kappa shape index (κ2) is 63.8. The lowest BCUT2D eigenvalue weighted by atomic mass is 10.0. The SMILES string of the molecule is CC/C=C\C/C=C\C/C=C\C/C=C\C/C=C\C/C=C\C/C=C\C/C=C\CCCCCCCCCCCCCCC(=O)OC(CO)COC(=O)CCCCCCCCCCCCC/C=C\CCCCCCCCCC. The van der Waals surface area contributed by atoms with Crippen molar-refractivity contribution < 1.29 is 24.2 Å². The fourth-order valence-corrected chi connectivity index (χ4v) is 8.86. The first-order valence-corrected chi connectivity index (χ1v) is 31.4. The van der Waals surface area contributed by atoms with Crippen LogP contribution in [-0.2, 0) is 19.1 Å². The van der Waals surface area contributed by atoms with E-state index in [2.05, 4.69) is 123 Å². The number of hydrogen-bond acceptors (Lipinski definition) is 5. The van der Waals surface area contributed by atoms with E-state index in [-0.39, 0.29) is 25.2 Å².